The largest absolute Gasteiger partial charge is 0.494 e. The first-order valence-corrected chi connectivity index (χ1v) is 7.90. The molecule has 4 heteroatoms. The lowest BCUT2D eigenvalue weighted by Gasteiger charge is -2.07. The molecule has 0 aliphatic carbocycles. The first-order chi connectivity index (χ1) is 10.4. The third-order valence-electron chi connectivity index (χ3n) is 3.40. The first kappa shape index (κ1) is 14.0. The van der Waals surface area contributed by atoms with Crippen molar-refractivity contribution in [3.63, 3.8) is 0 Å². The third kappa shape index (κ3) is 3.40. The number of methoxy groups -OCH3 is 1. The fourth-order valence-corrected chi connectivity index (χ4v) is 3.02. The summed E-state index contributed by atoms with van der Waals surface area (Å²) in [7, 11) is 1.68. The van der Waals surface area contributed by atoms with Gasteiger partial charge in [0, 0.05) is 23.4 Å². The maximum atomic E-state index is 5.38. The van der Waals surface area contributed by atoms with E-state index in [1.54, 1.807) is 18.4 Å². The van der Waals surface area contributed by atoms with Gasteiger partial charge in [-0.1, -0.05) is 24.3 Å². The number of thiophene rings is 1. The van der Waals surface area contributed by atoms with Crippen molar-refractivity contribution in [3.8, 4) is 5.75 Å². The maximum Gasteiger partial charge on any atom is 0.145 e. The van der Waals surface area contributed by atoms with Gasteiger partial charge in [0.25, 0.3) is 0 Å². The Morgan fingerprint density at radius 1 is 1.14 bits per heavy atom. The van der Waals surface area contributed by atoms with Gasteiger partial charge in [-0.05, 0) is 30.0 Å². The fraction of sp³-hybridized carbons (Fsp3) is 0.235. The Morgan fingerprint density at radius 2 is 2.10 bits per heavy atom. The van der Waals surface area contributed by atoms with Crippen LogP contribution >= 0.6 is 11.3 Å². The molecule has 0 bridgehead atoms. The van der Waals surface area contributed by atoms with Crippen LogP contribution in [0.4, 0.5) is 0 Å². The second kappa shape index (κ2) is 6.70. The highest BCUT2D eigenvalue weighted by molar-refractivity contribution is 7.09. The smallest absolute Gasteiger partial charge is 0.145 e. The molecule has 0 saturated carbocycles. The van der Waals surface area contributed by atoms with Crippen molar-refractivity contribution in [2.24, 2.45) is 0 Å². The Bertz CT molecular complexity index is 710. The molecule has 108 valence electrons. The zero-order valence-electron chi connectivity index (χ0n) is 12.0. The van der Waals surface area contributed by atoms with Gasteiger partial charge in [-0.3, -0.25) is 0 Å². The second-order valence-electron chi connectivity index (χ2n) is 4.84. The van der Waals surface area contributed by atoms with E-state index >= 15 is 0 Å². The molecule has 0 amide bonds. The van der Waals surface area contributed by atoms with Crippen LogP contribution in [-0.4, -0.2) is 18.6 Å². The highest BCUT2D eigenvalue weighted by Gasteiger charge is 2.04. The van der Waals surface area contributed by atoms with E-state index in [4.69, 9.17) is 9.72 Å². The Labute approximate surface area is 128 Å². The third-order valence-corrected chi connectivity index (χ3v) is 4.33. The van der Waals surface area contributed by atoms with Crippen molar-refractivity contribution in [1.29, 1.82) is 0 Å². The van der Waals surface area contributed by atoms with Crippen LogP contribution in [0.5, 0.6) is 5.75 Å². The molecule has 0 atom stereocenters. The summed E-state index contributed by atoms with van der Waals surface area (Å²) in [6.45, 7) is 1.74. The Morgan fingerprint density at radius 3 is 2.90 bits per heavy atom. The van der Waals surface area contributed by atoms with Crippen LogP contribution in [0.2, 0.25) is 0 Å². The summed E-state index contributed by atoms with van der Waals surface area (Å²) in [4.78, 5) is 6.11. The van der Waals surface area contributed by atoms with Gasteiger partial charge in [-0.15, -0.1) is 11.3 Å². The lowest BCUT2D eigenvalue weighted by molar-refractivity contribution is 0.418. The number of hydrogen-bond donors (Lipinski definition) is 1. The Hall–Kier alpha value is -1.91. The number of nitrogens with one attached hydrogen (secondary N) is 1. The van der Waals surface area contributed by atoms with E-state index < -0.39 is 0 Å². The highest BCUT2D eigenvalue weighted by Crippen LogP contribution is 2.23. The van der Waals surface area contributed by atoms with Crippen LogP contribution in [0.3, 0.4) is 0 Å². The van der Waals surface area contributed by atoms with Gasteiger partial charge >= 0.3 is 0 Å². The standard InChI is InChI=1S/C17H18N2OS/c1-20-16-6-2-4-13-7-8-14(19-17(13)16)12-18-10-9-15-5-3-11-21-15/h2-8,11,18H,9-10,12H2,1H3. The van der Waals surface area contributed by atoms with Crippen LogP contribution < -0.4 is 10.1 Å². The van der Waals surface area contributed by atoms with Crippen LogP contribution in [0, 0.1) is 0 Å². The van der Waals surface area contributed by atoms with Crippen LogP contribution in [0.25, 0.3) is 10.9 Å². The van der Waals surface area contributed by atoms with Gasteiger partial charge in [0.15, 0.2) is 0 Å². The minimum atomic E-state index is 0.777. The lowest BCUT2D eigenvalue weighted by atomic mass is 10.2. The Balaban J connectivity index is 1.64. The SMILES string of the molecule is COc1cccc2ccc(CNCCc3cccs3)nc12. The summed E-state index contributed by atoms with van der Waals surface area (Å²) in [6, 6.07) is 14.4. The number of ether oxygens (including phenoxy) is 1. The number of nitrogens with zero attached hydrogens (tertiary/aromatic N) is 1. The first-order valence-electron chi connectivity index (χ1n) is 7.02. The molecule has 0 spiro atoms. The number of rotatable bonds is 6. The maximum absolute atomic E-state index is 5.38. The van der Waals surface area contributed by atoms with Crippen molar-refractivity contribution in [3.05, 3.63) is 58.4 Å². The highest BCUT2D eigenvalue weighted by atomic mass is 32.1. The van der Waals surface area contributed by atoms with E-state index in [2.05, 4.69) is 41.0 Å². The number of aromatic nitrogens is 1. The molecule has 0 radical (unpaired) electrons. The molecule has 3 nitrogen and oxygen atoms in total. The van der Waals surface area contributed by atoms with Crippen molar-refractivity contribution in [1.82, 2.24) is 10.3 Å². The molecule has 0 saturated heterocycles. The van der Waals surface area contributed by atoms with E-state index in [-0.39, 0.29) is 0 Å². The summed E-state index contributed by atoms with van der Waals surface area (Å²) in [5, 5.41) is 6.67. The summed E-state index contributed by atoms with van der Waals surface area (Å²) < 4.78 is 5.38. The number of benzene rings is 1. The topological polar surface area (TPSA) is 34.1 Å². The fourth-order valence-electron chi connectivity index (χ4n) is 2.31. The molecular weight excluding hydrogens is 280 g/mol. The lowest BCUT2D eigenvalue weighted by Crippen LogP contribution is -2.17. The van der Waals surface area contributed by atoms with E-state index in [0.717, 1.165) is 41.9 Å². The molecule has 3 rings (SSSR count). The predicted octanol–water partition coefficient (Wildman–Crippen LogP) is 3.64. The monoisotopic (exact) mass is 298 g/mol. The Kier molecular flexibility index (Phi) is 4.48. The van der Waals surface area contributed by atoms with Crippen molar-refractivity contribution < 1.29 is 4.74 Å². The number of para-hydroxylation sites is 1. The van der Waals surface area contributed by atoms with Gasteiger partial charge in [-0.2, -0.15) is 0 Å². The molecule has 21 heavy (non-hydrogen) atoms. The zero-order valence-corrected chi connectivity index (χ0v) is 12.8. The average Bonchev–Trinajstić information content (AvgIpc) is 3.04. The van der Waals surface area contributed by atoms with Gasteiger partial charge in [0.2, 0.25) is 0 Å². The number of fused-ring (bicyclic) bond motifs is 1. The molecule has 0 unspecified atom stereocenters. The molecule has 2 heterocycles. The molecule has 0 aliphatic heterocycles. The summed E-state index contributed by atoms with van der Waals surface area (Å²) in [5.74, 6) is 0.827. The van der Waals surface area contributed by atoms with Crippen molar-refractivity contribution >= 4 is 22.2 Å². The van der Waals surface area contributed by atoms with Gasteiger partial charge in [0.1, 0.15) is 11.3 Å². The molecule has 1 aromatic carbocycles. The number of pyridine rings is 1. The van der Waals surface area contributed by atoms with Crippen LogP contribution in [-0.2, 0) is 13.0 Å². The van der Waals surface area contributed by atoms with Crippen LogP contribution in [0.1, 0.15) is 10.6 Å². The molecule has 1 N–H and O–H groups in total. The summed E-state index contributed by atoms with van der Waals surface area (Å²) in [5.41, 5.74) is 1.97. The van der Waals surface area contributed by atoms with E-state index in [9.17, 15) is 0 Å². The van der Waals surface area contributed by atoms with Gasteiger partial charge in [0.05, 0.1) is 12.8 Å². The molecular formula is C17H18N2OS. The normalized spacial score (nSPS) is 10.9. The number of hydrogen-bond acceptors (Lipinski definition) is 4. The van der Waals surface area contributed by atoms with Crippen LogP contribution in [0.15, 0.2) is 47.8 Å². The summed E-state index contributed by atoms with van der Waals surface area (Å²) >= 11 is 1.80. The van der Waals surface area contributed by atoms with Crippen molar-refractivity contribution in [2.45, 2.75) is 13.0 Å². The zero-order chi connectivity index (χ0) is 14.5. The summed E-state index contributed by atoms with van der Waals surface area (Å²) in [6.07, 6.45) is 1.06. The van der Waals surface area contributed by atoms with Gasteiger partial charge < -0.3 is 10.1 Å². The van der Waals surface area contributed by atoms with Crippen molar-refractivity contribution in [2.75, 3.05) is 13.7 Å². The minimum Gasteiger partial charge on any atom is -0.494 e. The van der Waals surface area contributed by atoms with E-state index in [0.29, 0.717) is 0 Å². The second-order valence-corrected chi connectivity index (χ2v) is 5.87. The molecule has 3 aromatic rings. The molecule has 0 aliphatic rings. The average molecular weight is 298 g/mol. The van der Waals surface area contributed by atoms with E-state index in [1.807, 2.05) is 12.1 Å². The molecule has 0 fully saturated rings. The predicted molar refractivity (Wildman–Crippen MR) is 88.0 cm³/mol. The van der Waals surface area contributed by atoms with Gasteiger partial charge in [-0.25, -0.2) is 4.98 Å². The van der Waals surface area contributed by atoms with E-state index in [1.165, 1.54) is 4.88 Å². The minimum absolute atomic E-state index is 0.777. The quantitative estimate of drug-likeness (QED) is 0.706. The molecule has 2 aromatic heterocycles.